The molecule has 126 valence electrons. The van der Waals surface area contributed by atoms with Crippen LogP contribution in [0.2, 0.25) is 0 Å². The fraction of sp³-hybridized carbons (Fsp3) is 0.625. The summed E-state index contributed by atoms with van der Waals surface area (Å²) < 4.78 is 27.7. The zero-order valence-corrected chi connectivity index (χ0v) is 15.3. The Bertz CT molecular complexity index is 573. The van der Waals surface area contributed by atoms with Gasteiger partial charge in [-0.3, -0.25) is 0 Å². The van der Waals surface area contributed by atoms with Crippen LogP contribution < -0.4 is 22.0 Å². The van der Waals surface area contributed by atoms with Crippen LogP contribution in [0.15, 0.2) is 17.0 Å². The third kappa shape index (κ3) is 4.95. The van der Waals surface area contributed by atoms with Crippen molar-refractivity contribution in [3.05, 3.63) is 28.8 Å². The minimum atomic E-state index is -3.39. The maximum Gasteiger partial charge on any atom is 0.241 e. The Morgan fingerprint density at radius 1 is 1.09 bits per heavy atom. The fourth-order valence-electron chi connectivity index (χ4n) is 3.33. The molecule has 1 fully saturated rings. The molecule has 0 radical (unpaired) electrons. The SMILES string of the molecule is Cc1cc(C)c(S(=O)(=O)NCCC[NH+]2CCCC2)c(C)c1.[Cl-]. The monoisotopic (exact) mass is 346 g/mol. The predicted octanol–water partition coefficient (Wildman–Crippen LogP) is -2.04. The molecule has 0 aromatic heterocycles. The molecule has 0 unspecified atom stereocenters. The molecule has 1 aliphatic rings. The number of likely N-dealkylation sites (tertiary alicyclic amines) is 1. The normalized spacial score (nSPS) is 15.8. The summed E-state index contributed by atoms with van der Waals surface area (Å²) in [5.74, 6) is 0. The average molecular weight is 347 g/mol. The molecule has 1 heterocycles. The largest absolute Gasteiger partial charge is 1.00 e. The summed E-state index contributed by atoms with van der Waals surface area (Å²) in [5.41, 5.74) is 2.75. The molecule has 1 aromatic rings. The average Bonchev–Trinajstić information content (AvgIpc) is 2.86. The van der Waals surface area contributed by atoms with Crippen molar-refractivity contribution in [3.63, 3.8) is 0 Å². The van der Waals surface area contributed by atoms with Gasteiger partial charge in [0, 0.05) is 25.8 Å². The van der Waals surface area contributed by atoms with Gasteiger partial charge in [0.1, 0.15) is 0 Å². The van der Waals surface area contributed by atoms with Crippen LogP contribution >= 0.6 is 0 Å². The van der Waals surface area contributed by atoms with Crippen LogP contribution in [-0.2, 0) is 10.0 Å². The highest BCUT2D eigenvalue weighted by atomic mass is 35.5. The Morgan fingerprint density at radius 3 is 2.18 bits per heavy atom. The van der Waals surface area contributed by atoms with E-state index >= 15 is 0 Å². The van der Waals surface area contributed by atoms with Gasteiger partial charge in [0.25, 0.3) is 0 Å². The summed E-state index contributed by atoms with van der Waals surface area (Å²) in [5, 5.41) is 0. The number of sulfonamides is 1. The Labute approximate surface area is 140 Å². The Hall–Kier alpha value is -0.620. The first-order chi connectivity index (χ1) is 9.90. The second kappa shape index (κ2) is 8.29. The van der Waals surface area contributed by atoms with Crippen LogP contribution in [0.5, 0.6) is 0 Å². The summed E-state index contributed by atoms with van der Waals surface area (Å²) >= 11 is 0. The van der Waals surface area contributed by atoms with Crippen molar-refractivity contribution in [2.24, 2.45) is 0 Å². The Kier molecular flexibility index (Phi) is 7.32. The van der Waals surface area contributed by atoms with E-state index in [4.69, 9.17) is 0 Å². The summed E-state index contributed by atoms with van der Waals surface area (Å²) in [4.78, 5) is 2.05. The quantitative estimate of drug-likeness (QED) is 0.583. The molecule has 0 bridgehead atoms. The van der Waals surface area contributed by atoms with Crippen LogP contribution in [-0.4, -0.2) is 34.6 Å². The number of hydrogen-bond acceptors (Lipinski definition) is 2. The molecular formula is C16H27ClN2O2S. The standard InChI is InChI=1S/C16H26N2O2S.ClH/c1-13-11-14(2)16(15(3)12-13)21(19,20)17-7-6-10-18-8-4-5-9-18;/h11-12,17H,4-10H2,1-3H3;1H. The minimum absolute atomic E-state index is 0. The number of benzene rings is 1. The second-order valence-corrected chi connectivity index (χ2v) is 7.89. The maximum absolute atomic E-state index is 12.5. The molecule has 0 spiro atoms. The van der Waals surface area contributed by atoms with Gasteiger partial charge in [-0.1, -0.05) is 17.7 Å². The van der Waals surface area contributed by atoms with Gasteiger partial charge in [0.15, 0.2) is 0 Å². The molecular weight excluding hydrogens is 320 g/mol. The molecule has 2 rings (SSSR count). The number of aryl methyl sites for hydroxylation is 3. The third-order valence-electron chi connectivity index (χ3n) is 4.18. The van der Waals surface area contributed by atoms with Gasteiger partial charge in [0.05, 0.1) is 24.5 Å². The van der Waals surface area contributed by atoms with Gasteiger partial charge in [0.2, 0.25) is 10.0 Å². The Balaban J connectivity index is 0.00000242. The van der Waals surface area contributed by atoms with Gasteiger partial charge in [-0.05, 0) is 31.9 Å². The van der Waals surface area contributed by atoms with Crippen LogP contribution in [0.4, 0.5) is 0 Å². The highest BCUT2D eigenvalue weighted by Crippen LogP contribution is 2.21. The van der Waals surface area contributed by atoms with E-state index in [0.29, 0.717) is 11.4 Å². The van der Waals surface area contributed by atoms with E-state index in [-0.39, 0.29) is 12.4 Å². The summed E-state index contributed by atoms with van der Waals surface area (Å²) in [7, 11) is -3.39. The number of nitrogens with one attached hydrogen (secondary N) is 2. The van der Waals surface area contributed by atoms with Crippen molar-refractivity contribution in [1.29, 1.82) is 0 Å². The van der Waals surface area contributed by atoms with E-state index in [1.165, 1.54) is 25.9 Å². The topological polar surface area (TPSA) is 50.6 Å². The number of hydrogen-bond donors (Lipinski definition) is 2. The van der Waals surface area contributed by atoms with E-state index < -0.39 is 10.0 Å². The van der Waals surface area contributed by atoms with Gasteiger partial charge >= 0.3 is 0 Å². The zero-order chi connectivity index (χ0) is 15.5. The highest BCUT2D eigenvalue weighted by molar-refractivity contribution is 7.89. The highest BCUT2D eigenvalue weighted by Gasteiger charge is 2.20. The second-order valence-electron chi connectivity index (χ2n) is 6.19. The van der Waals surface area contributed by atoms with Crippen LogP contribution in [0.25, 0.3) is 0 Å². The lowest BCUT2D eigenvalue weighted by Crippen LogP contribution is -3.10. The van der Waals surface area contributed by atoms with Crippen LogP contribution in [0.3, 0.4) is 0 Å². The fourth-order valence-corrected chi connectivity index (χ4v) is 4.86. The van der Waals surface area contributed by atoms with Crippen molar-refractivity contribution in [3.8, 4) is 0 Å². The molecule has 6 heteroatoms. The first-order valence-electron chi connectivity index (χ1n) is 7.81. The van der Waals surface area contributed by atoms with E-state index in [1.54, 1.807) is 4.90 Å². The smallest absolute Gasteiger partial charge is 0.241 e. The van der Waals surface area contributed by atoms with E-state index in [2.05, 4.69) is 4.72 Å². The number of rotatable bonds is 6. The first-order valence-corrected chi connectivity index (χ1v) is 9.29. The van der Waals surface area contributed by atoms with Crippen molar-refractivity contribution in [2.75, 3.05) is 26.2 Å². The molecule has 1 aromatic carbocycles. The van der Waals surface area contributed by atoms with E-state index in [1.807, 2.05) is 32.9 Å². The first kappa shape index (κ1) is 19.4. The molecule has 2 N–H and O–H groups in total. The summed E-state index contributed by atoms with van der Waals surface area (Å²) in [6.07, 6.45) is 3.52. The van der Waals surface area contributed by atoms with Crippen LogP contribution in [0, 0.1) is 20.8 Å². The molecule has 1 saturated heterocycles. The predicted molar refractivity (Wildman–Crippen MR) is 85.3 cm³/mol. The molecule has 1 aliphatic heterocycles. The van der Waals surface area contributed by atoms with Gasteiger partial charge in [-0.15, -0.1) is 0 Å². The molecule has 0 saturated carbocycles. The van der Waals surface area contributed by atoms with Gasteiger partial charge < -0.3 is 17.3 Å². The number of quaternary nitrogens is 1. The third-order valence-corrected chi connectivity index (χ3v) is 5.95. The molecule has 0 aliphatic carbocycles. The Morgan fingerprint density at radius 2 is 1.64 bits per heavy atom. The lowest BCUT2D eigenvalue weighted by molar-refractivity contribution is -0.887. The van der Waals surface area contributed by atoms with E-state index in [9.17, 15) is 8.42 Å². The zero-order valence-electron chi connectivity index (χ0n) is 13.7. The minimum Gasteiger partial charge on any atom is -1.00 e. The van der Waals surface area contributed by atoms with Gasteiger partial charge in [-0.2, -0.15) is 0 Å². The van der Waals surface area contributed by atoms with Crippen molar-refractivity contribution in [1.82, 2.24) is 4.72 Å². The maximum atomic E-state index is 12.5. The van der Waals surface area contributed by atoms with E-state index in [0.717, 1.165) is 29.7 Å². The number of halogens is 1. The van der Waals surface area contributed by atoms with Crippen LogP contribution in [0.1, 0.15) is 36.0 Å². The van der Waals surface area contributed by atoms with Crippen molar-refractivity contribution < 1.29 is 25.7 Å². The summed E-state index contributed by atoms with van der Waals surface area (Å²) in [6.45, 7) is 9.79. The lowest BCUT2D eigenvalue weighted by atomic mass is 10.1. The van der Waals surface area contributed by atoms with Crippen molar-refractivity contribution in [2.45, 2.75) is 44.9 Å². The molecule has 22 heavy (non-hydrogen) atoms. The molecule has 0 atom stereocenters. The molecule has 4 nitrogen and oxygen atoms in total. The summed E-state index contributed by atoms with van der Waals surface area (Å²) in [6, 6.07) is 3.85. The van der Waals surface area contributed by atoms with Crippen molar-refractivity contribution >= 4 is 10.0 Å². The molecule has 0 amide bonds. The lowest BCUT2D eigenvalue weighted by Gasteiger charge is -2.14. The van der Waals surface area contributed by atoms with Gasteiger partial charge in [-0.25, -0.2) is 13.1 Å².